The zero-order chi connectivity index (χ0) is 14.5. The van der Waals surface area contributed by atoms with Crippen LogP contribution in [0.2, 0.25) is 0 Å². The van der Waals surface area contributed by atoms with Gasteiger partial charge in [0.1, 0.15) is 0 Å². The molecular weight excluding hydrogens is 280 g/mol. The Morgan fingerprint density at radius 1 is 1.00 bits per heavy atom. The molecule has 2 aromatic rings. The first kappa shape index (κ1) is 14.2. The fourth-order valence-electron chi connectivity index (χ4n) is 2.46. The van der Waals surface area contributed by atoms with E-state index in [0.717, 1.165) is 37.7 Å². The highest BCUT2D eigenvalue weighted by Crippen LogP contribution is 2.19. The molecule has 0 saturated carbocycles. The molecule has 0 N–H and O–H groups in total. The van der Waals surface area contributed by atoms with Crippen molar-refractivity contribution in [1.29, 1.82) is 0 Å². The first-order valence-electron chi connectivity index (χ1n) is 7.18. The Kier molecular flexibility index (Phi) is 4.58. The summed E-state index contributed by atoms with van der Waals surface area (Å²) in [5.41, 5.74) is 3.65. The molecule has 108 valence electrons. The van der Waals surface area contributed by atoms with Gasteiger partial charge in [-0.25, -0.2) is 0 Å². The maximum absolute atomic E-state index is 5.54. The van der Waals surface area contributed by atoms with Crippen molar-refractivity contribution in [3.05, 3.63) is 54.4 Å². The van der Waals surface area contributed by atoms with E-state index in [0.29, 0.717) is 0 Å². The predicted molar refractivity (Wildman–Crippen MR) is 88.4 cm³/mol. The lowest BCUT2D eigenvalue weighted by molar-refractivity contribution is 0.0685. The molecule has 0 unspecified atom stereocenters. The highest BCUT2D eigenvalue weighted by atomic mass is 32.1. The minimum Gasteiger partial charge on any atom is -0.378 e. The van der Waals surface area contributed by atoms with E-state index >= 15 is 0 Å². The molecule has 1 aliphatic rings. The Hall–Kier alpha value is -1.78. The molecule has 1 fully saturated rings. The molecular formula is C17H18N2OS. The second-order valence-corrected chi connectivity index (χ2v) is 5.57. The summed E-state index contributed by atoms with van der Waals surface area (Å²) in [4.78, 5) is 7.30. The Bertz CT molecular complexity index is 592. The van der Waals surface area contributed by atoms with Crippen molar-refractivity contribution in [2.45, 2.75) is 6.42 Å². The van der Waals surface area contributed by atoms with Crippen LogP contribution in [0.4, 0.5) is 0 Å². The van der Waals surface area contributed by atoms with E-state index in [1.165, 1.54) is 16.7 Å². The van der Waals surface area contributed by atoms with Gasteiger partial charge in [-0.15, -0.1) is 0 Å². The van der Waals surface area contributed by atoms with E-state index in [9.17, 15) is 0 Å². The van der Waals surface area contributed by atoms with Gasteiger partial charge in [-0.2, -0.15) is 0 Å². The minimum atomic E-state index is 0.779. The smallest absolute Gasteiger partial charge is 0.0825 e. The zero-order valence-corrected chi connectivity index (χ0v) is 12.7. The monoisotopic (exact) mass is 298 g/mol. The summed E-state index contributed by atoms with van der Waals surface area (Å²) in [5, 5.41) is 0. The van der Waals surface area contributed by atoms with Crippen LogP contribution in [0, 0.1) is 0 Å². The van der Waals surface area contributed by atoms with Gasteiger partial charge in [0.25, 0.3) is 0 Å². The highest BCUT2D eigenvalue weighted by Gasteiger charge is 2.13. The van der Waals surface area contributed by atoms with Gasteiger partial charge in [0, 0.05) is 31.9 Å². The molecule has 0 aliphatic carbocycles. The van der Waals surface area contributed by atoms with Crippen LogP contribution in [0.3, 0.4) is 0 Å². The van der Waals surface area contributed by atoms with Crippen molar-refractivity contribution in [3.8, 4) is 11.1 Å². The fourth-order valence-corrected chi connectivity index (χ4v) is 2.81. The molecule has 1 saturated heterocycles. The van der Waals surface area contributed by atoms with Crippen molar-refractivity contribution in [3.63, 3.8) is 0 Å². The molecule has 21 heavy (non-hydrogen) atoms. The number of aromatic nitrogens is 1. The van der Waals surface area contributed by atoms with Crippen LogP contribution >= 0.6 is 12.2 Å². The second kappa shape index (κ2) is 6.78. The van der Waals surface area contributed by atoms with E-state index in [2.05, 4.69) is 34.1 Å². The average molecular weight is 298 g/mol. The molecule has 0 radical (unpaired) electrons. The molecule has 0 atom stereocenters. The third-order valence-corrected chi connectivity index (χ3v) is 4.09. The van der Waals surface area contributed by atoms with E-state index in [4.69, 9.17) is 17.0 Å². The molecule has 3 rings (SSSR count). The topological polar surface area (TPSA) is 25.4 Å². The summed E-state index contributed by atoms with van der Waals surface area (Å²) in [5.74, 6) is 0. The van der Waals surface area contributed by atoms with Crippen LogP contribution < -0.4 is 0 Å². The summed E-state index contributed by atoms with van der Waals surface area (Å²) >= 11 is 5.54. The Morgan fingerprint density at radius 2 is 1.62 bits per heavy atom. The lowest BCUT2D eigenvalue weighted by atomic mass is 10.0. The van der Waals surface area contributed by atoms with Crippen LogP contribution in [-0.2, 0) is 11.2 Å². The molecule has 0 bridgehead atoms. The fraction of sp³-hybridized carbons (Fsp3) is 0.294. The van der Waals surface area contributed by atoms with Gasteiger partial charge in [-0.3, -0.25) is 4.98 Å². The third kappa shape index (κ3) is 3.65. The lowest BCUT2D eigenvalue weighted by Gasteiger charge is -2.29. The maximum Gasteiger partial charge on any atom is 0.0825 e. The maximum atomic E-state index is 5.54. The number of ether oxygens (including phenoxy) is 1. The quantitative estimate of drug-likeness (QED) is 0.814. The number of rotatable bonds is 3. The molecule has 0 spiro atoms. The van der Waals surface area contributed by atoms with E-state index in [1.54, 1.807) is 0 Å². The standard InChI is InChI=1S/C17H18N2OS/c21-17(19-9-11-20-12-10-19)13-14-1-3-15(4-2-14)16-5-7-18-8-6-16/h1-8H,9-13H2. The second-order valence-electron chi connectivity index (χ2n) is 5.10. The minimum absolute atomic E-state index is 0.779. The number of thiocarbonyl (C=S) groups is 1. The van der Waals surface area contributed by atoms with Gasteiger partial charge in [0.15, 0.2) is 0 Å². The number of benzene rings is 1. The first-order valence-corrected chi connectivity index (χ1v) is 7.58. The first-order chi connectivity index (χ1) is 10.3. The van der Waals surface area contributed by atoms with Crippen LogP contribution in [0.1, 0.15) is 5.56 Å². The molecule has 0 amide bonds. The van der Waals surface area contributed by atoms with Crippen molar-refractivity contribution in [2.75, 3.05) is 26.3 Å². The Labute approximate surface area is 130 Å². The molecule has 1 aromatic heterocycles. The van der Waals surface area contributed by atoms with Crippen LogP contribution in [0.15, 0.2) is 48.8 Å². The van der Waals surface area contributed by atoms with Gasteiger partial charge in [0.05, 0.1) is 18.2 Å². The van der Waals surface area contributed by atoms with Gasteiger partial charge in [-0.1, -0.05) is 36.5 Å². The van der Waals surface area contributed by atoms with Gasteiger partial charge in [-0.05, 0) is 28.8 Å². The summed E-state index contributed by atoms with van der Waals surface area (Å²) in [6.07, 6.45) is 4.46. The molecule has 1 aliphatic heterocycles. The van der Waals surface area contributed by atoms with Crippen LogP contribution in [-0.4, -0.2) is 41.2 Å². The van der Waals surface area contributed by atoms with E-state index < -0.39 is 0 Å². The zero-order valence-electron chi connectivity index (χ0n) is 11.9. The Morgan fingerprint density at radius 3 is 2.29 bits per heavy atom. The van der Waals surface area contributed by atoms with Crippen molar-refractivity contribution in [2.24, 2.45) is 0 Å². The highest BCUT2D eigenvalue weighted by molar-refractivity contribution is 7.80. The number of morpholine rings is 1. The number of hydrogen-bond donors (Lipinski definition) is 0. The third-order valence-electron chi connectivity index (χ3n) is 3.69. The molecule has 4 heteroatoms. The number of nitrogens with zero attached hydrogens (tertiary/aromatic N) is 2. The van der Waals surface area contributed by atoms with Crippen LogP contribution in [0.5, 0.6) is 0 Å². The number of hydrogen-bond acceptors (Lipinski definition) is 3. The summed E-state index contributed by atoms with van der Waals surface area (Å²) < 4.78 is 5.36. The van der Waals surface area contributed by atoms with Crippen molar-refractivity contribution < 1.29 is 4.74 Å². The van der Waals surface area contributed by atoms with Crippen molar-refractivity contribution >= 4 is 17.2 Å². The summed E-state index contributed by atoms with van der Waals surface area (Å²) in [6.45, 7) is 3.38. The van der Waals surface area contributed by atoms with Gasteiger partial charge >= 0.3 is 0 Å². The van der Waals surface area contributed by atoms with E-state index in [1.807, 2.05) is 24.5 Å². The average Bonchev–Trinajstić information content (AvgIpc) is 2.57. The Balaban J connectivity index is 1.65. The lowest BCUT2D eigenvalue weighted by Crippen LogP contribution is -2.40. The summed E-state index contributed by atoms with van der Waals surface area (Å²) in [7, 11) is 0. The molecule has 2 heterocycles. The largest absolute Gasteiger partial charge is 0.378 e. The molecule has 3 nitrogen and oxygen atoms in total. The van der Waals surface area contributed by atoms with Crippen molar-refractivity contribution in [1.82, 2.24) is 9.88 Å². The van der Waals surface area contributed by atoms with Gasteiger partial charge in [0.2, 0.25) is 0 Å². The normalized spacial score (nSPS) is 15.0. The van der Waals surface area contributed by atoms with Gasteiger partial charge < -0.3 is 9.64 Å². The molecule has 1 aromatic carbocycles. The SMILES string of the molecule is S=C(Cc1ccc(-c2ccncc2)cc1)N1CCOCC1. The van der Waals surface area contributed by atoms with E-state index in [-0.39, 0.29) is 0 Å². The van der Waals surface area contributed by atoms with Crippen LogP contribution in [0.25, 0.3) is 11.1 Å². The predicted octanol–water partition coefficient (Wildman–Crippen LogP) is 2.95. The summed E-state index contributed by atoms with van der Waals surface area (Å²) in [6, 6.07) is 12.6. The number of pyridine rings is 1.